The van der Waals surface area contributed by atoms with Crippen LogP contribution in [0, 0.1) is 11.8 Å². The summed E-state index contributed by atoms with van der Waals surface area (Å²) >= 11 is 0. The first-order valence-electron chi connectivity index (χ1n) is 25.4. The number of rotatable bonds is 26. The maximum atomic E-state index is 11.8. The van der Waals surface area contributed by atoms with Crippen molar-refractivity contribution in [2.45, 2.75) is 240 Å². The van der Waals surface area contributed by atoms with E-state index < -0.39 is 23.9 Å². The molecule has 0 spiro atoms. The fraction of sp³-hybridized carbons (Fsp3) is 0.696. The summed E-state index contributed by atoms with van der Waals surface area (Å²) in [7, 11) is 0. The fourth-order valence-corrected chi connectivity index (χ4v) is 7.89. The SMILES string of the molecule is CC(C)(C)c1cc(C(=O)O)cc(C(C)(C)C)c1O.CCC(C)CCCCCCCCCC(=O)O.CCCCCCCCc1ccc(C(=O)CCC(=O)O)cc1.O=C(O)CCC1CCCCC1. The van der Waals surface area contributed by atoms with Gasteiger partial charge in [0.25, 0.3) is 0 Å². The Morgan fingerprint density at radius 1 is 0.576 bits per heavy atom. The summed E-state index contributed by atoms with van der Waals surface area (Å²) < 4.78 is 0. The number of Topliss-reactive ketones (excluding diaryl/α,β-unsaturated/α-hetero) is 1. The van der Waals surface area contributed by atoms with E-state index in [1.54, 1.807) is 12.1 Å². The van der Waals surface area contributed by atoms with Crippen LogP contribution in [-0.2, 0) is 31.6 Å². The molecule has 1 atom stereocenters. The average molecular weight is 925 g/mol. The van der Waals surface area contributed by atoms with Gasteiger partial charge in [-0.05, 0) is 66.0 Å². The van der Waals surface area contributed by atoms with Crippen LogP contribution < -0.4 is 0 Å². The van der Waals surface area contributed by atoms with E-state index in [0.29, 0.717) is 35.4 Å². The Balaban J connectivity index is 0.000000872. The second kappa shape index (κ2) is 35.0. The van der Waals surface area contributed by atoms with Crippen molar-refractivity contribution < 1.29 is 49.5 Å². The van der Waals surface area contributed by atoms with Crippen LogP contribution in [0.15, 0.2) is 36.4 Å². The third-order valence-electron chi connectivity index (χ3n) is 12.4. The molecule has 2 aromatic rings. The van der Waals surface area contributed by atoms with Crippen LogP contribution in [0.2, 0.25) is 0 Å². The Morgan fingerprint density at radius 3 is 1.50 bits per heavy atom. The normalized spacial score (nSPS) is 13.2. The van der Waals surface area contributed by atoms with Gasteiger partial charge in [0.15, 0.2) is 5.78 Å². The second-order valence-electron chi connectivity index (χ2n) is 20.6. The highest BCUT2D eigenvalue weighted by atomic mass is 16.4. The van der Waals surface area contributed by atoms with Crippen LogP contribution in [0.3, 0.4) is 0 Å². The molecular weight excluding hydrogens is 833 g/mol. The molecule has 376 valence electrons. The molecule has 0 aromatic heterocycles. The number of carboxylic acid groups (broad SMARTS) is 4. The molecule has 1 unspecified atom stereocenters. The number of benzene rings is 2. The lowest BCUT2D eigenvalue weighted by Crippen LogP contribution is -2.18. The first-order valence-corrected chi connectivity index (χ1v) is 25.4. The Kier molecular flexibility index (Phi) is 32.8. The van der Waals surface area contributed by atoms with Crippen molar-refractivity contribution in [2.24, 2.45) is 11.8 Å². The Bertz CT molecular complexity index is 1620. The molecular formula is C56H92O10. The summed E-state index contributed by atoms with van der Waals surface area (Å²) in [6, 6.07) is 10.7. The molecule has 0 bridgehead atoms. The lowest BCUT2D eigenvalue weighted by Gasteiger charge is -2.27. The van der Waals surface area contributed by atoms with Crippen LogP contribution in [-0.4, -0.2) is 55.2 Å². The van der Waals surface area contributed by atoms with Gasteiger partial charge in [0, 0.05) is 36.0 Å². The summed E-state index contributed by atoms with van der Waals surface area (Å²) in [5.74, 6) is -1.49. The smallest absolute Gasteiger partial charge is 0.335 e. The number of aromatic hydroxyl groups is 1. The minimum Gasteiger partial charge on any atom is -0.507 e. The molecule has 0 radical (unpaired) electrons. The zero-order valence-electron chi connectivity index (χ0n) is 42.8. The Hall–Kier alpha value is -4.21. The summed E-state index contributed by atoms with van der Waals surface area (Å²) in [5.41, 5.74) is 2.84. The lowest BCUT2D eigenvalue weighted by molar-refractivity contribution is -0.138. The third-order valence-corrected chi connectivity index (χ3v) is 12.4. The number of carbonyl (C=O) groups excluding carboxylic acids is 1. The molecule has 3 rings (SSSR count). The topological polar surface area (TPSA) is 186 Å². The van der Waals surface area contributed by atoms with Gasteiger partial charge in [-0.3, -0.25) is 19.2 Å². The molecule has 0 amide bonds. The van der Waals surface area contributed by atoms with Crippen molar-refractivity contribution in [3.63, 3.8) is 0 Å². The highest BCUT2D eigenvalue weighted by Gasteiger charge is 2.27. The van der Waals surface area contributed by atoms with Crippen LogP contribution in [0.4, 0.5) is 0 Å². The van der Waals surface area contributed by atoms with Gasteiger partial charge in [0.2, 0.25) is 0 Å². The number of phenolic OH excluding ortho intramolecular Hbond substituents is 1. The quantitative estimate of drug-likeness (QED) is 0.0449. The number of unbranched alkanes of at least 4 members (excludes halogenated alkanes) is 11. The maximum Gasteiger partial charge on any atom is 0.335 e. The Labute approximate surface area is 399 Å². The van der Waals surface area contributed by atoms with Gasteiger partial charge in [-0.1, -0.05) is 202 Å². The van der Waals surface area contributed by atoms with Gasteiger partial charge in [-0.25, -0.2) is 4.79 Å². The predicted octanol–water partition coefficient (Wildman–Crippen LogP) is 15.4. The molecule has 1 fully saturated rings. The summed E-state index contributed by atoms with van der Waals surface area (Å²) in [5, 5.41) is 45.0. The number of aromatic carboxylic acids is 1. The zero-order valence-corrected chi connectivity index (χ0v) is 42.8. The number of hydrogen-bond donors (Lipinski definition) is 5. The van der Waals surface area contributed by atoms with Gasteiger partial charge in [0.1, 0.15) is 5.75 Å². The fourth-order valence-electron chi connectivity index (χ4n) is 7.89. The predicted molar refractivity (Wildman–Crippen MR) is 269 cm³/mol. The number of aryl methyl sites for hydroxylation is 1. The minimum atomic E-state index is -0.967. The number of phenols is 1. The van der Waals surface area contributed by atoms with E-state index in [9.17, 15) is 34.2 Å². The molecule has 2 aromatic carbocycles. The van der Waals surface area contributed by atoms with Crippen molar-refractivity contribution in [3.05, 3.63) is 64.2 Å². The molecule has 1 aliphatic rings. The monoisotopic (exact) mass is 925 g/mol. The number of carboxylic acids is 4. The van der Waals surface area contributed by atoms with Crippen molar-refractivity contribution in [2.75, 3.05) is 0 Å². The second-order valence-corrected chi connectivity index (χ2v) is 20.6. The summed E-state index contributed by atoms with van der Waals surface area (Å²) in [6.07, 6.45) is 27.9. The van der Waals surface area contributed by atoms with E-state index in [1.165, 1.54) is 121 Å². The molecule has 0 aliphatic heterocycles. The number of hydrogen-bond acceptors (Lipinski definition) is 6. The molecule has 0 saturated heterocycles. The minimum absolute atomic E-state index is 0.0755. The highest BCUT2D eigenvalue weighted by molar-refractivity contribution is 5.97. The number of carbonyl (C=O) groups is 5. The van der Waals surface area contributed by atoms with Crippen LogP contribution in [0.1, 0.15) is 260 Å². The van der Waals surface area contributed by atoms with Crippen molar-refractivity contribution >= 4 is 29.7 Å². The van der Waals surface area contributed by atoms with Crippen molar-refractivity contribution in [1.82, 2.24) is 0 Å². The van der Waals surface area contributed by atoms with E-state index in [0.717, 1.165) is 31.6 Å². The Morgan fingerprint density at radius 2 is 1.05 bits per heavy atom. The van der Waals surface area contributed by atoms with Gasteiger partial charge >= 0.3 is 23.9 Å². The highest BCUT2D eigenvalue weighted by Crippen LogP contribution is 2.39. The number of aliphatic carboxylic acids is 3. The van der Waals surface area contributed by atoms with Gasteiger partial charge < -0.3 is 25.5 Å². The summed E-state index contributed by atoms with van der Waals surface area (Å²) in [4.78, 5) is 53.9. The van der Waals surface area contributed by atoms with E-state index in [4.69, 9.17) is 15.3 Å². The van der Waals surface area contributed by atoms with E-state index >= 15 is 0 Å². The van der Waals surface area contributed by atoms with Crippen LogP contribution >= 0.6 is 0 Å². The van der Waals surface area contributed by atoms with Gasteiger partial charge in [-0.15, -0.1) is 0 Å². The van der Waals surface area contributed by atoms with Crippen molar-refractivity contribution in [3.8, 4) is 5.75 Å². The molecule has 10 nitrogen and oxygen atoms in total. The zero-order chi connectivity index (χ0) is 50.1. The average Bonchev–Trinajstić information content (AvgIpc) is 3.25. The van der Waals surface area contributed by atoms with Gasteiger partial charge in [0.05, 0.1) is 12.0 Å². The molecule has 0 heterocycles. The third kappa shape index (κ3) is 30.9. The molecule has 1 saturated carbocycles. The van der Waals surface area contributed by atoms with E-state index in [2.05, 4.69) is 20.8 Å². The lowest BCUT2D eigenvalue weighted by atomic mass is 9.78. The first-order chi connectivity index (χ1) is 31.0. The largest absolute Gasteiger partial charge is 0.507 e. The van der Waals surface area contributed by atoms with E-state index in [-0.39, 0.29) is 40.8 Å². The van der Waals surface area contributed by atoms with Crippen LogP contribution in [0.5, 0.6) is 5.75 Å². The van der Waals surface area contributed by atoms with Crippen molar-refractivity contribution in [1.29, 1.82) is 0 Å². The molecule has 1 aliphatic carbocycles. The number of ketones is 1. The van der Waals surface area contributed by atoms with Crippen LogP contribution in [0.25, 0.3) is 0 Å². The molecule has 10 heteroatoms. The molecule has 66 heavy (non-hydrogen) atoms. The first kappa shape index (κ1) is 61.8. The van der Waals surface area contributed by atoms with E-state index in [1.807, 2.05) is 65.8 Å². The van der Waals surface area contributed by atoms with Gasteiger partial charge in [-0.2, -0.15) is 0 Å². The molecule has 5 N–H and O–H groups in total. The maximum absolute atomic E-state index is 11.8. The standard InChI is InChI=1S/C18H26O3.C15H22O3.C14H28O2.C9H16O2/c1-2-3-4-5-6-7-8-15-9-11-16(12-10-15)17(19)13-14-18(20)21;1-14(2,3)10-7-9(13(17)18)8-11(12(10)16)15(4,5)6;1-3-13(2)11-9-7-5-4-6-8-10-12-14(15)16;10-9(11)7-6-8-4-2-1-3-5-8/h9-12H,2-8,13-14H2,1H3,(H,20,21);7-8,16H,1-6H3,(H,17,18);13H,3-12H2,1-2H3,(H,15,16);8H,1-7H2,(H,10,11). The summed E-state index contributed by atoms with van der Waals surface area (Å²) in [6.45, 7) is 18.6.